The Morgan fingerprint density at radius 1 is 1.31 bits per heavy atom. The quantitative estimate of drug-likeness (QED) is 0.673. The van der Waals surface area contributed by atoms with Gasteiger partial charge in [0.15, 0.2) is 15.6 Å². The summed E-state index contributed by atoms with van der Waals surface area (Å²) in [5.74, 6) is -0.635. The molecule has 26 heavy (non-hydrogen) atoms. The second kappa shape index (κ2) is 7.29. The minimum Gasteiger partial charge on any atom is -0.438 e. The fourth-order valence-electron chi connectivity index (χ4n) is 3.22. The van der Waals surface area contributed by atoms with E-state index in [1.165, 1.54) is 21.3 Å². The molecule has 0 N–H and O–H groups in total. The van der Waals surface area contributed by atoms with Crippen LogP contribution < -0.4 is 0 Å². The maximum absolute atomic E-state index is 12.7. The van der Waals surface area contributed by atoms with Gasteiger partial charge in [-0.2, -0.15) is 4.31 Å². The molecule has 11 heteroatoms. The summed E-state index contributed by atoms with van der Waals surface area (Å²) < 4.78 is 60.3. The third-order valence-corrected chi connectivity index (χ3v) is 8.13. The number of carbonyl (C=O) groups is 1. The summed E-state index contributed by atoms with van der Waals surface area (Å²) in [6, 6.07) is 2.17. The first-order valence-corrected chi connectivity index (χ1v) is 11.7. The Morgan fingerprint density at radius 2 is 2.00 bits per heavy atom. The number of rotatable bonds is 5. The van der Waals surface area contributed by atoms with Crippen LogP contribution in [0.4, 0.5) is 0 Å². The number of ether oxygens (including phenoxy) is 1. The average Bonchev–Trinajstić information content (AvgIpc) is 3.23. The molecule has 0 aromatic carbocycles. The standard InChI is InChI=1S/C15H22N2O7S2/c1-2-17(12-5-10-25(19,20)11-12)15(18)13-3-4-14(24-13)26(21,22)16-6-8-23-9-7-16/h3-4,12H,2,5-11H2,1H3. The molecule has 0 radical (unpaired) electrons. The predicted molar refractivity (Wildman–Crippen MR) is 92.1 cm³/mol. The number of nitrogens with zero attached hydrogens (tertiary/aromatic N) is 2. The molecule has 2 aliphatic rings. The van der Waals surface area contributed by atoms with E-state index in [2.05, 4.69) is 0 Å². The fourth-order valence-corrected chi connectivity index (χ4v) is 6.27. The lowest BCUT2D eigenvalue weighted by Gasteiger charge is -2.26. The normalized spacial score (nSPS) is 23.8. The van der Waals surface area contributed by atoms with Gasteiger partial charge < -0.3 is 14.1 Å². The molecular formula is C15H22N2O7S2. The zero-order valence-electron chi connectivity index (χ0n) is 14.5. The summed E-state index contributed by atoms with van der Waals surface area (Å²) in [5.41, 5.74) is 0. The van der Waals surface area contributed by atoms with Crippen LogP contribution in [0.3, 0.4) is 0 Å². The number of hydrogen-bond donors (Lipinski definition) is 0. The number of carbonyl (C=O) groups excluding carboxylic acids is 1. The Morgan fingerprint density at radius 3 is 2.58 bits per heavy atom. The molecule has 0 aliphatic carbocycles. The Hall–Kier alpha value is -1.43. The third-order valence-electron chi connectivity index (χ3n) is 4.61. The van der Waals surface area contributed by atoms with Crippen molar-refractivity contribution in [2.24, 2.45) is 0 Å². The van der Waals surface area contributed by atoms with Crippen LogP contribution in [0.15, 0.2) is 21.6 Å². The molecule has 2 fully saturated rings. The van der Waals surface area contributed by atoms with Gasteiger partial charge in [0.25, 0.3) is 15.9 Å². The van der Waals surface area contributed by atoms with E-state index >= 15 is 0 Å². The summed E-state index contributed by atoms with van der Waals surface area (Å²) in [5, 5.41) is -0.294. The van der Waals surface area contributed by atoms with E-state index in [9.17, 15) is 21.6 Å². The van der Waals surface area contributed by atoms with Gasteiger partial charge >= 0.3 is 0 Å². The van der Waals surface area contributed by atoms with Crippen LogP contribution in [0.25, 0.3) is 0 Å². The Labute approximate surface area is 152 Å². The molecule has 146 valence electrons. The smallest absolute Gasteiger partial charge is 0.289 e. The SMILES string of the molecule is CCN(C(=O)c1ccc(S(=O)(=O)N2CCOCC2)o1)C1CCS(=O)(=O)C1. The average molecular weight is 406 g/mol. The van der Waals surface area contributed by atoms with E-state index in [-0.39, 0.29) is 35.4 Å². The molecule has 1 amide bonds. The highest BCUT2D eigenvalue weighted by atomic mass is 32.2. The van der Waals surface area contributed by atoms with Crippen molar-refractivity contribution in [1.29, 1.82) is 0 Å². The molecule has 1 aromatic heterocycles. The van der Waals surface area contributed by atoms with E-state index in [1.54, 1.807) is 6.92 Å². The number of amides is 1. The van der Waals surface area contributed by atoms with Gasteiger partial charge in [0.2, 0.25) is 5.09 Å². The largest absolute Gasteiger partial charge is 0.438 e. The maximum Gasteiger partial charge on any atom is 0.289 e. The molecule has 3 heterocycles. The lowest BCUT2D eigenvalue weighted by Crippen LogP contribution is -2.41. The molecule has 0 saturated carbocycles. The molecule has 2 saturated heterocycles. The summed E-state index contributed by atoms with van der Waals surface area (Å²) in [7, 11) is -6.96. The predicted octanol–water partition coefficient (Wildman–Crippen LogP) is -0.0503. The third kappa shape index (κ3) is 3.80. The summed E-state index contributed by atoms with van der Waals surface area (Å²) in [6.45, 7) is 3.14. The highest BCUT2D eigenvalue weighted by molar-refractivity contribution is 7.91. The molecule has 9 nitrogen and oxygen atoms in total. The molecule has 3 rings (SSSR count). The molecule has 0 spiro atoms. The van der Waals surface area contributed by atoms with Gasteiger partial charge in [0.05, 0.1) is 24.7 Å². The number of hydrogen-bond acceptors (Lipinski definition) is 7. The monoisotopic (exact) mass is 406 g/mol. The summed E-state index contributed by atoms with van der Waals surface area (Å²) in [6.07, 6.45) is 0.377. The minimum atomic E-state index is -3.82. The first-order valence-electron chi connectivity index (χ1n) is 8.44. The van der Waals surface area contributed by atoms with Crippen molar-refractivity contribution in [3.05, 3.63) is 17.9 Å². The van der Waals surface area contributed by atoms with Crippen molar-refractivity contribution in [1.82, 2.24) is 9.21 Å². The number of morpholine rings is 1. The van der Waals surface area contributed by atoms with E-state index in [0.717, 1.165) is 0 Å². The lowest BCUT2D eigenvalue weighted by atomic mass is 10.2. The molecular weight excluding hydrogens is 384 g/mol. The topological polar surface area (TPSA) is 114 Å². The molecule has 0 bridgehead atoms. The highest BCUT2D eigenvalue weighted by Crippen LogP contribution is 2.23. The van der Waals surface area contributed by atoms with Crippen LogP contribution in [0.1, 0.15) is 23.9 Å². The zero-order chi connectivity index (χ0) is 18.9. The van der Waals surface area contributed by atoms with Crippen molar-refractivity contribution in [2.75, 3.05) is 44.4 Å². The van der Waals surface area contributed by atoms with Gasteiger partial charge in [-0.05, 0) is 25.5 Å². The van der Waals surface area contributed by atoms with Crippen molar-refractivity contribution in [3.63, 3.8) is 0 Å². The van der Waals surface area contributed by atoms with Crippen LogP contribution in [-0.4, -0.2) is 82.3 Å². The van der Waals surface area contributed by atoms with E-state index in [0.29, 0.717) is 26.2 Å². The van der Waals surface area contributed by atoms with Crippen molar-refractivity contribution >= 4 is 25.8 Å². The van der Waals surface area contributed by atoms with Crippen molar-refractivity contribution in [3.8, 4) is 0 Å². The molecule has 1 atom stereocenters. The van der Waals surface area contributed by atoms with Gasteiger partial charge in [0, 0.05) is 25.7 Å². The molecule has 2 aliphatic heterocycles. The zero-order valence-corrected chi connectivity index (χ0v) is 16.1. The summed E-state index contributed by atoms with van der Waals surface area (Å²) >= 11 is 0. The fraction of sp³-hybridized carbons (Fsp3) is 0.667. The van der Waals surface area contributed by atoms with Crippen LogP contribution in [0, 0.1) is 0 Å². The number of furan rings is 1. The van der Waals surface area contributed by atoms with Crippen molar-refractivity contribution < 1.29 is 30.8 Å². The van der Waals surface area contributed by atoms with Gasteiger partial charge in [0.1, 0.15) is 0 Å². The Bertz CT molecular complexity index is 870. The highest BCUT2D eigenvalue weighted by Gasteiger charge is 2.36. The summed E-state index contributed by atoms with van der Waals surface area (Å²) in [4.78, 5) is 14.1. The van der Waals surface area contributed by atoms with Gasteiger partial charge in [-0.25, -0.2) is 16.8 Å². The van der Waals surface area contributed by atoms with Gasteiger partial charge in [-0.3, -0.25) is 4.79 Å². The van der Waals surface area contributed by atoms with E-state index < -0.39 is 31.8 Å². The first kappa shape index (κ1) is 19.3. The maximum atomic E-state index is 12.7. The van der Waals surface area contributed by atoms with Crippen LogP contribution in [0.5, 0.6) is 0 Å². The van der Waals surface area contributed by atoms with Gasteiger partial charge in [-0.15, -0.1) is 0 Å². The van der Waals surface area contributed by atoms with Crippen molar-refractivity contribution in [2.45, 2.75) is 24.5 Å². The second-order valence-corrected chi connectivity index (χ2v) is 10.4. The van der Waals surface area contributed by atoms with Crippen LogP contribution in [-0.2, 0) is 24.6 Å². The lowest BCUT2D eigenvalue weighted by molar-refractivity contribution is 0.0664. The van der Waals surface area contributed by atoms with Crippen LogP contribution >= 0.6 is 0 Å². The molecule has 1 unspecified atom stereocenters. The minimum absolute atomic E-state index is 0.0518. The second-order valence-electron chi connectivity index (χ2n) is 6.28. The molecule has 1 aromatic rings. The number of sulfone groups is 1. The first-order chi connectivity index (χ1) is 12.2. The van der Waals surface area contributed by atoms with Gasteiger partial charge in [-0.1, -0.05) is 0 Å². The Kier molecular flexibility index (Phi) is 5.42. The van der Waals surface area contributed by atoms with Crippen LogP contribution in [0.2, 0.25) is 0 Å². The van der Waals surface area contributed by atoms with E-state index in [1.807, 2.05) is 0 Å². The number of sulfonamides is 1. The Balaban J connectivity index is 1.79. The van der Waals surface area contributed by atoms with E-state index in [4.69, 9.17) is 9.15 Å².